The number of hydrogen-bond donors (Lipinski definition) is 3. The van der Waals surface area contributed by atoms with Gasteiger partial charge < -0.3 is 30.2 Å². The number of fused-ring (bicyclic) bond motifs is 2. The Balaban J connectivity index is 1.25. The number of aromatic nitrogens is 4. The van der Waals surface area contributed by atoms with Crippen LogP contribution in [0.1, 0.15) is 69.7 Å². The number of carbonyl (C=O) groups is 2. The number of amides is 1. The van der Waals surface area contributed by atoms with E-state index in [1.807, 2.05) is 61.7 Å². The number of imidazole rings is 1. The lowest BCUT2D eigenvalue weighted by Gasteiger charge is -2.25. The number of anilines is 2. The number of likely N-dealkylation sites (N-methyl/N-ethyl adjacent to an activating group) is 1. The third-order valence-corrected chi connectivity index (χ3v) is 9.09. The highest BCUT2D eigenvalue weighted by Crippen LogP contribution is 2.44. The monoisotopic (exact) mass is 639 g/mol. The molecule has 12 nitrogen and oxygen atoms in total. The van der Waals surface area contributed by atoms with Crippen LogP contribution in [-0.4, -0.2) is 74.4 Å². The molecule has 2 aliphatic heterocycles. The summed E-state index contributed by atoms with van der Waals surface area (Å²) in [7, 11) is 0. The first-order valence-electron chi connectivity index (χ1n) is 16.4. The summed E-state index contributed by atoms with van der Waals surface area (Å²) in [5.41, 5.74) is 3.44. The number of hydrogen-bond acceptors (Lipinski definition) is 10. The van der Waals surface area contributed by atoms with Gasteiger partial charge in [0.05, 0.1) is 6.33 Å². The smallest absolute Gasteiger partial charge is 0.252 e. The minimum Gasteiger partial charge on any atom is -0.367 e. The Morgan fingerprint density at radius 1 is 0.979 bits per heavy atom. The van der Waals surface area contributed by atoms with Crippen molar-refractivity contribution in [3.8, 4) is 0 Å². The minimum atomic E-state index is -0.894. The molecule has 7 rings (SSSR count). The van der Waals surface area contributed by atoms with Gasteiger partial charge in [-0.25, -0.2) is 4.98 Å². The first-order chi connectivity index (χ1) is 22.8. The van der Waals surface area contributed by atoms with Crippen LogP contribution in [0.25, 0.3) is 11.2 Å². The molecule has 2 aromatic heterocycles. The van der Waals surface area contributed by atoms with E-state index in [1.54, 1.807) is 6.33 Å². The molecule has 4 aromatic rings. The van der Waals surface area contributed by atoms with E-state index in [4.69, 9.17) is 29.2 Å². The third kappa shape index (κ3) is 6.45. The molecule has 0 spiro atoms. The number of nitrogens with zero attached hydrogens (tertiary/aromatic N) is 4. The van der Waals surface area contributed by atoms with E-state index >= 15 is 0 Å². The molecule has 0 unspecified atom stereocenters. The lowest BCUT2D eigenvalue weighted by Crippen LogP contribution is -2.42. The van der Waals surface area contributed by atoms with Crippen LogP contribution < -0.4 is 16.0 Å². The Labute approximate surface area is 273 Å². The van der Waals surface area contributed by atoms with E-state index in [1.165, 1.54) is 11.1 Å². The van der Waals surface area contributed by atoms with E-state index in [-0.39, 0.29) is 23.7 Å². The molecule has 12 heteroatoms. The summed E-state index contributed by atoms with van der Waals surface area (Å²) in [6.45, 7) is 6.55. The SMILES string of the molecule is CCNC(=O)[C@H]1O[C@@H](n2cnc3c(NCC(c4ccccc4)c4ccccc4)nc(NC4CCC(=O)CC4)nc32)[C@@H]2OC(C)(C)O[C@H]21. The van der Waals surface area contributed by atoms with Gasteiger partial charge in [-0.05, 0) is 44.7 Å². The molecule has 3 fully saturated rings. The molecule has 4 heterocycles. The zero-order chi connectivity index (χ0) is 32.5. The minimum absolute atomic E-state index is 0.0493. The zero-order valence-corrected chi connectivity index (χ0v) is 26.9. The van der Waals surface area contributed by atoms with Crippen molar-refractivity contribution in [3.63, 3.8) is 0 Å². The van der Waals surface area contributed by atoms with Crippen LogP contribution in [0.15, 0.2) is 67.0 Å². The van der Waals surface area contributed by atoms with Gasteiger partial charge in [-0.3, -0.25) is 14.2 Å². The molecule has 2 aromatic carbocycles. The van der Waals surface area contributed by atoms with Crippen molar-refractivity contribution in [2.45, 2.75) is 88.7 Å². The third-order valence-electron chi connectivity index (χ3n) is 9.09. The quantitative estimate of drug-likeness (QED) is 0.226. The van der Waals surface area contributed by atoms with Gasteiger partial charge in [-0.2, -0.15) is 9.97 Å². The summed E-state index contributed by atoms with van der Waals surface area (Å²) >= 11 is 0. The number of Topliss-reactive ketones (excluding diaryl/α,β-unsaturated/α-hetero) is 1. The van der Waals surface area contributed by atoms with E-state index < -0.39 is 30.3 Å². The highest BCUT2D eigenvalue weighted by Gasteiger charge is 2.58. The first kappa shape index (κ1) is 31.2. The molecule has 1 saturated carbocycles. The highest BCUT2D eigenvalue weighted by molar-refractivity contribution is 5.85. The molecular formula is C35H41N7O5. The van der Waals surface area contributed by atoms with Crippen LogP contribution in [0.3, 0.4) is 0 Å². The van der Waals surface area contributed by atoms with Gasteiger partial charge in [0.2, 0.25) is 5.95 Å². The van der Waals surface area contributed by atoms with Crippen molar-refractivity contribution in [2.75, 3.05) is 23.7 Å². The Kier molecular flexibility index (Phi) is 8.65. The fourth-order valence-corrected chi connectivity index (χ4v) is 6.84. The van der Waals surface area contributed by atoms with Gasteiger partial charge in [0.25, 0.3) is 5.91 Å². The molecular weight excluding hydrogens is 598 g/mol. The van der Waals surface area contributed by atoms with E-state index in [0.717, 1.165) is 12.8 Å². The molecule has 3 N–H and O–H groups in total. The maximum atomic E-state index is 13.0. The Bertz CT molecular complexity index is 1680. The number of ketones is 1. The first-order valence-corrected chi connectivity index (χ1v) is 16.4. The van der Waals surface area contributed by atoms with Crippen LogP contribution in [-0.2, 0) is 23.8 Å². The van der Waals surface area contributed by atoms with Crippen LogP contribution in [0.4, 0.5) is 11.8 Å². The Morgan fingerprint density at radius 3 is 2.30 bits per heavy atom. The fraction of sp³-hybridized carbons (Fsp3) is 0.457. The van der Waals surface area contributed by atoms with Crippen LogP contribution in [0.5, 0.6) is 0 Å². The summed E-state index contributed by atoms with van der Waals surface area (Å²) in [6, 6.07) is 20.8. The van der Waals surface area contributed by atoms with Crippen molar-refractivity contribution >= 4 is 34.6 Å². The topological polar surface area (TPSA) is 142 Å². The van der Waals surface area contributed by atoms with E-state index in [2.05, 4.69) is 40.2 Å². The zero-order valence-electron chi connectivity index (χ0n) is 26.9. The molecule has 1 aliphatic carbocycles. The second kappa shape index (κ2) is 13.0. The predicted molar refractivity (Wildman–Crippen MR) is 176 cm³/mol. The summed E-state index contributed by atoms with van der Waals surface area (Å²) < 4.78 is 20.7. The Hall–Kier alpha value is -4.39. The van der Waals surface area contributed by atoms with Gasteiger partial charge in [-0.15, -0.1) is 0 Å². The second-order valence-corrected chi connectivity index (χ2v) is 12.8. The molecule has 4 atom stereocenters. The predicted octanol–water partition coefficient (Wildman–Crippen LogP) is 4.55. The largest absolute Gasteiger partial charge is 0.367 e. The lowest BCUT2D eigenvalue weighted by atomic mass is 9.91. The molecule has 0 radical (unpaired) electrons. The standard InChI is InChI=1S/C35H41N7O5/c1-4-36-32(44)28-27-29(47-35(2,3)46-27)33(45-28)42-20-38-26-30(40-34(41-31(26)42)39-23-15-17-24(43)18-16-23)37-19-25(21-11-7-5-8-12-21)22-13-9-6-10-14-22/h5-14,20,23,25,27-29,33H,4,15-19H2,1-3H3,(H,36,44)(H2,37,39,40,41)/t27-,28-,29+,33+/m0/s1. The van der Waals surface area contributed by atoms with Crippen molar-refractivity contribution in [1.29, 1.82) is 0 Å². The normalized spacial score (nSPS) is 24.0. The maximum absolute atomic E-state index is 13.0. The summed E-state index contributed by atoms with van der Waals surface area (Å²) in [5, 5.41) is 9.93. The van der Waals surface area contributed by atoms with Crippen LogP contribution in [0.2, 0.25) is 0 Å². The van der Waals surface area contributed by atoms with Crippen LogP contribution in [0, 0.1) is 0 Å². The second-order valence-electron chi connectivity index (χ2n) is 12.8. The number of ether oxygens (including phenoxy) is 3. The molecule has 47 heavy (non-hydrogen) atoms. The molecule has 2 saturated heterocycles. The maximum Gasteiger partial charge on any atom is 0.252 e. The summed E-state index contributed by atoms with van der Waals surface area (Å²) in [6.07, 6.45) is 1.42. The fourth-order valence-electron chi connectivity index (χ4n) is 6.84. The average molecular weight is 640 g/mol. The van der Waals surface area contributed by atoms with E-state index in [0.29, 0.717) is 48.9 Å². The molecule has 0 bridgehead atoms. The van der Waals surface area contributed by atoms with E-state index in [9.17, 15) is 9.59 Å². The number of benzene rings is 2. The van der Waals surface area contributed by atoms with Gasteiger partial charge in [0.1, 0.15) is 18.0 Å². The summed E-state index contributed by atoms with van der Waals surface area (Å²) in [4.78, 5) is 39.6. The van der Waals surface area contributed by atoms with Gasteiger partial charge in [0, 0.05) is 37.9 Å². The molecule has 1 amide bonds. The number of nitrogens with one attached hydrogen (secondary N) is 3. The van der Waals surface area contributed by atoms with Gasteiger partial charge in [-0.1, -0.05) is 60.7 Å². The molecule has 3 aliphatic rings. The summed E-state index contributed by atoms with van der Waals surface area (Å²) in [5.74, 6) is 0.177. The van der Waals surface area contributed by atoms with Gasteiger partial charge in [0.15, 0.2) is 35.1 Å². The lowest BCUT2D eigenvalue weighted by molar-refractivity contribution is -0.197. The van der Waals surface area contributed by atoms with Crippen molar-refractivity contribution in [2.24, 2.45) is 0 Å². The average Bonchev–Trinajstić information content (AvgIpc) is 3.74. The van der Waals surface area contributed by atoms with Crippen molar-refractivity contribution in [1.82, 2.24) is 24.8 Å². The Morgan fingerprint density at radius 2 is 1.64 bits per heavy atom. The van der Waals surface area contributed by atoms with Crippen molar-refractivity contribution in [3.05, 3.63) is 78.1 Å². The van der Waals surface area contributed by atoms with Crippen molar-refractivity contribution < 1.29 is 23.8 Å². The highest BCUT2D eigenvalue weighted by atomic mass is 16.8. The van der Waals surface area contributed by atoms with Crippen LogP contribution >= 0.6 is 0 Å². The van der Waals surface area contributed by atoms with Gasteiger partial charge >= 0.3 is 0 Å². The molecule has 246 valence electrons. The number of rotatable bonds is 10. The number of carbonyl (C=O) groups excluding carboxylic acids is 2.